The first-order valence-electron chi connectivity index (χ1n) is 7.08. The average Bonchev–Trinajstić information content (AvgIpc) is 2.46. The average molecular weight is 298 g/mol. The van der Waals surface area contributed by atoms with Crippen molar-refractivity contribution in [2.45, 2.75) is 31.1 Å². The Labute approximate surface area is 120 Å². The van der Waals surface area contributed by atoms with Crippen molar-refractivity contribution in [1.82, 2.24) is 4.72 Å². The van der Waals surface area contributed by atoms with Gasteiger partial charge in [0.15, 0.2) is 0 Å². The molecular weight excluding hydrogens is 276 g/mol. The van der Waals surface area contributed by atoms with E-state index in [0.29, 0.717) is 31.1 Å². The number of rotatable bonds is 7. The summed E-state index contributed by atoms with van der Waals surface area (Å²) >= 11 is 0. The van der Waals surface area contributed by atoms with Crippen molar-refractivity contribution in [2.24, 2.45) is 0 Å². The van der Waals surface area contributed by atoms with Crippen LogP contribution in [0, 0.1) is 0 Å². The molecule has 5 nitrogen and oxygen atoms in total. The maximum Gasteiger partial charge on any atom is 0.240 e. The van der Waals surface area contributed by atoms with E-state index in [9.17, 15) is 8.42 Å². The van der Waals surface area contributed by atoms with E-state index in [0.717, 1.165) is 30.6 Å². The van der Waals surface area contributed by atoms with Crippen LogP contribution >= 0.6 is 0 Å². The fraction of sp³-hybridized carbons (Fsp3) is 0.571. The quantitative estimate of drug-likeness (QED) is 0.753. The molecule has 20 heavy (non-hydrogen) atoms. The molecular formula is C14H22N2O3S. The van der Waals surface area contributed by atoms with E-state index in [1.54, 1.807) is 12.1 Å². The maximum absolute atomic E-state index is 12.4. The molecule has 112 valence electrons. The fourth-order valence-corrected chi connectivity index (χ4v) is 3.69. The lowest BCUT2D eigenvalue weighted by atomic mass is 10.0. The Morgan fingerprint density at radius 2 is 2.25 bits per heavy atom. The van der Waals surface area contributed by atoms with Gasteiger partial charge in [-0.25, -0.2) is 13.1 Å². The predicted octanol–water partition coefficient (Wildman–Crippen LogP) is 1.75. The summed E-state index contributed by atoms with van der Waals surface area (Å²) in [7, 11) is -3.43. The number of nitrogens with one attached hydrogen (secondary N) is 2. The van der Waals surface area contributed by atoms with E-state index >= 15 is 0 Å². The van der Waals surface area contributed by atoms with Crippen LogP contribution in [-0.4, -0.2) is 34.7 Å². The first-order chi connectivity index (χ1) is 9.65. The number of sulfonamides is 1. The molecule has 0 aromatic heterocycles. The summed E-state index contributed by atoms with van der Waals surface area (Å²) in [5.74, 6) is 0. The van der Waals surface area contributed by atoms with Gasteiger partial charge in [-0.05, 0) is 43.9 Å². The third-order valence-electron chi connectivity index (χ3n) is 3.30. The molecule has 2 rings (SSSR count). The number of ether oxygens (including phenoxy) is 1. The predicted molar refractivity (Wildman–Crippen MR) is 79.6 cm³/mol. The minimum atomic E-state index is -3.43. The molecule has 0 atom stereocenters. The Hall–Kier alpha value is -1.11. The second-order valence-corrected chi connectivity index (χ2v) is 6.50. The number of anilines is 1. The number of benzene rings is 1. The number of fused-ring (bicyclic) bond motifs is 1. The zero-order valence-corrected chi connectivity index (χ0v) is 12.6. The zero-order chi connectivity index (χ0) is 14.4. The summed E-state index contributed by atoms with van der Waals surface area (Å²) in [4.78, 5) is 0.401. The third-order valence-corrected chi connectivity index (χ3v) is 4.85. The van der Waals surface area contributed by atoms with Crippen molar-refractivity contribution < 1.29 is 13.2 Å². The van der Waals surface area contributed by atoms with Gasteiger partial charge in [-0.15, -0.1) is 0 Å². The lowest BCUT2D eigenvalue weighted by molar-refractivity contribution is 0.146. The Morgan fingerprint density at radius 3 is 3.05 bits per heavy atom. The SMILES string of the molecule is CCOCCCNS(=O)(=O)c1cccc2c1CCCN2. The lowest BCUT2D eigenvalue weighted by Crippen LogP contribution is -2.27. The molecule has 1 heterocycles. The van der Waals surface area contributed by atoms with Crippen molar-refractivity contribution in [3.8, 4) is 0 Å². The molecule has 1 aliphatic rings. The highest BCUT2D eigenvalue weighted by Gasteiger charge is 2.21. The topological polar surface area (TPSA) is 67.4 Å². The summed E-state index contributed by atoms with van der Waals surface area (Å²) in [6, 6.07) is 5.39. The standard InChI is InChI=1S/C14H22N2O3S/c1-2-19-11-5-10-16-20(17,18)14-8-3-7-13-12(14)6-4-9-15-13/h3,7-8,15-16H,2,4-6,9-11H2,1H3. The van der Waals surface area contributed by atoms with Gasteiger partial charge in [0.05, 0.1) is 4.90 Å². The molecule has 1 aromatic carbocycles. The van der Waals surface area contributed by atoms with E-state index in [1.165, 1.54) is 0 Å². The van der Waals surface area contributed by atoms with Gasteiger partial charge < -0.3 is 10.1 Å². The molecule has 0 saturated heterocycles. The van der Waals surface area contributed by atoms with Crippen LogP contribution in [0.25, 0.3) is 0 Å². The third kappa shape index (κ3) is 3.71. The molecule has 0 spiro atoms. The van der Waals surface area contributed by atoms with Gasteiger partial charge >= 0.3 is 0 Å². The van der Waals surface area contributed by atoms with Crippen LogP contribution in [0.1, 0.15) is 25.3 Å². The van der Waals surface area contributed by atoms with Gasteiger partial charge in [0.25, 0.3) is 0 Å². The Balaban J connectivity index is 2.06. The van der Waals surface area contributed by atoms with Crippen LogP contribution < -0.4 is 10.0 Å². The Kier molecular flexibility index (Phi) is 5.39. The van der Waals surface area contributed by atoms with Crippen LogP contribution in [0.2, 0.25) is 0 Å². The van der Waals surface area contributed by atoms with Crippen LogP contribution in [0.15, 0.2) is 23.1 Å². The fourth-order valence-electron chi connectivity index (χ4n) is 2.33. The zero-order valence-electron chi connectivity index (χ0n) is 11.8. The molecule has 0 unspecified atom stereocenters. The molecule has 6 heteroatoms. The van der Waals surface area contributed by atoms with Crippen molar-refractivity contribution in [3.63, 3.8) is 0 Å². The Bertz CT molecular complexity index is 543. The van der Waals surface area contributed by atoms with Crippen LogP contribution in [-0.2, 0) is 21.2 Å². The van der Waals surface area contributed by atoms with E-state index in [4.69, 9.17) is 4.74 Å². The molecule has 0 aliphatic carbocycles. The van der Waals surface area contributed by atoms with Crippen LogP contribution in [0.3, 0.4) is 0 Å². The molecule has 1 aliphatic heterocycles. The molecule has 2 N–H and O–H groups in total. The van der Waals surface area contributed by atoms with Gasteiger partial charge in [0.1, 0.15) is 0 Å². The van der Waals surface area contributed by atoms with Crippen LogP contribution in [0.5, 0.6) is 0 Å². The largest absolute Gasteiger partial charge is 0.385 e. The van der Waals surface area contributed by atoms with E-state index in [1.807, 2.05) is 13.0 Å². The highest BCUT2D eigenvalue weighted by molar-refractivity contribution is 7.89. The summed E-state index contributed by atoms with van der Waals surface area (Å²) in [5.41, 5.74) is 1.84. The normalized spacial score (nSPS) is 14.7. The molecule has 0 radical (unpaired) electrons. The lowest BCUT2D eigenvalue weighted by Gasteiger charge is -2.21. The smallest absolute Gasteiger partial charge is 0.240 e. The molecule has 0 fully saturated rings. The number of hydrogen-bond acceptors (Lipinski definition) is 4. The number of hydrogen-bond donors (Lipinski definition) is 2. The van der Waals surface area contributed by atoms with E-state index in [2.05, 4.69) is 10.0 Å². The maximum atomic E-state index is 12.4. The molecule has 1 aromatic rings. The summed E-state index contributed by atoms with van der Waals surface area (Å²) in [5, 5.41) is 3.25. The van der Waals surface area contributed by atoms with Crippen molar-refractivity contribution in [3.05, 3.63) is 23.8 Å². The van der Waals surface area contributed by atoms with Gasteiger partial charge in [-0.2, -0.15) is 0 Å². The highest BCUT2D eigenvalue weighted by atomic mass is 32.2. The molecule has 0 amide bonds. The van der Waals surface area contributed by atoms with Gasteiger partial charge in [-0.1, -0.05) is 6.07 Å². The van der Waals surface area contributed by atoms with Crippen LogP contribution in [0.4, 0.5) is 5.69 Å². The minimum absolute atomic E-state index is 0.401. The second-order valence-electron chi connectivity index (χ2n) is 4.76. The highest BCUT2D eigenvalue weighted by Crippen LogP contribution is 2.28. The van der Waals surface area contributed by atoms with Crippen molar-refractivity contribution >= 4 is 15.7 Å². The van der Waals surface area contributed by atoms with Gasteiger partial charge in [0, 0.05) is 32.0 Å². The monoisotopic (exact) mass is 298 g/mol. The van der Waals surface area contributed by atoms with E-state index < -0.39 is 10.0 Å². The van der Waals surface area contributed by atoms with Crippen molar-refractivity contribution in [2.75, 3.05) is 31.6 Å². The van der Waals surface area contributed by atoms with Crippen molar-refractivity contribution in [1.29, 1.82) is 0 Å². The van der Waals surface area contributed by atoms with Gasteiger partial charge in [-0.3, -0.25) is 0 Å². The minimum Gasteiger partial charge on any atom is -0.385 e. The van der Waals surface area contributed by atoms with E-state index in [-0.39, 0.29) is 0 Å². The summed E-state index contributed by atoms with van der Waals surface area (Å²) < 4.78 is 32.6. The molecule has 0 bridgehead atoms. The van der Waals surface area contributed by atoms with Gasteiger partial charge in [0.2, 0.25) is 10.0 Å². The first kappa shape index (κ1) is 15.3. The second kappa shape index (κ2) is 7.06. The summed E-state index contributed by atoms with van der Waals surface area (Å²) in [6.45, 7) is 4.46. The first-order valence-corrected chi connectivity index (χ1v) is 8.56. The molecule has 0 saturated carbocycles. The Morgan fingerprint density at radius 1 is 1.40 bits per heavy atom. The summed E-state index contributed by atoms with van der Waals surface area (Å²) in [6.07, 6.45) is 2.45.